The van der Waals surface area contributed by atoms with E-state index in [1.807, 2.05) is 11.4 Å². The van der Waals surface area contributed by atoms with Crippen LogP contribution in [0.2, 0.25) is 0 Å². The summed E-state index contributed by atoms with van der Waals surface area (Å²) in [7, 11) is 0. The number of ether oxygens (including phenoxy) is 1. The minimum atomic E-state index is -0.870. The summed E-state index contributed by atoms with van der Waals surface area (Å²) in [6, 6.07) is 4.07. The van der Waals surface area contributed by atoms with Gasteiger partial charge in [0.15, 0.2) is 6.10 Å². The molecule has 1 fully saturated rings. The highest BCUT2D eigenvalue weighted by Gasteiger charge is 2.26. The van der Waals surface area contributed by atoms with Gasteiger partial charge in [-0.1, -0.05) is 6.07 Å². The zero-order valence-corrected chi connectivity index (χ0v) is 9.07. The van der Waals surface area contributed by atoms with Gasteiger partial charge in [-0.2, -0.15) is 0 Å². The van der Waals surface area contributed by atoms with Gasteiger partial charge in [-0.25, -0.2) is 4.79 Å². The Hall–Kier alpha value is -0.910. The molecule has 0 radical (unpaired) electrons. The first kappa shape index (κ1) is 10.6. The molecule has 1 unspecified atom stereocenters. The third kappa shape index (κ3) is 2.77. The minimum absolute atomic E-state index is 0.479. The Bertz CT molecular complexity index is 325. The molecule has 82 valence electrons. The lowest BCUT2D eigenvalue weighted by atomic mass is 10.2. The van der Waals surface area contributed by atoms with Crippen LogP contribution in [-0.4, -0.2) is 41.8 Å². The summed E-state index contributed by atoms with van der Waals surface area (Å²) >= 11 is 1.70. The Balaban J connectivity index is 1.90. The molecular formula is C10H13NO3S. The maximum atomic E-state index is 10.8. The first-order valence-corrected chi connectivity index (χ1v) is 5.73. The minimum Gasteiger partial charge on any atom is -0.479 e. The van der Waals surface area contributed by atoms with Crippen LogP contribution in [0.25, 0.3) is 0 Å². The first-order valence-electron chi connectivity index (χ1n) is 4.85. The van der Waals surface area contributed by atoms with E-state index >= 15 is 0 Å². The molecular weight excluding hydrogens is 214 g/mol. The molecule has 2 rings (SSSR count). The Morgan fingerprint density at radius 3 is 3.27 bits per heavy atom. The molecule has 0 amide bonds. The van der Waals surface area contributed by atoms with Gasteiger partial charge in [0.1, 0.15) is 0 Å². The van der Waals surface area contributed by atoms with E-state index in [4.69, 9.17) is 9.84 Å². The average Bonchev–Trinajstić information content (AvgIpc) is 2.71. The second kappa shape index (κ2) is 4.74. The molecule has 2 heterocycles. The molecule has 1 atom stereocenters. The van der Waals surface area contributed by atoms with Crippen LogP contribution in [0.4, 0.5) is 0 Å². The molecule has 0 bridgehead atoms. The number of carbonyl (C=O) groups is 1. The Labute approximate surface area is 92.1 Å². The van der Waals surface area contributed by atoms with Gasteiger partial charge in [-0.15, -0.1) is 11.3 Å². The third-order valence-electron chi connectivity index (χ3n) is 2.39. The number of hydrogen-bond acceptors (Lipinski definition) is 4. The molecule has 5 heteroatoms. The van der Waals surface area contributed by atoms with E-state index in [-0.39, 0.29) is 0 Å². The maximum absolute atomic E-state index is 10.8. The van der Waals surface area contributed by atoms with Crippen LogP contribution in [0.15, 0.2) is 17.5 Å². The number of rotatable bonds is 3. The van der Waals surface area contributed by atoms with Crippen LogP contribution in [0.1, 0.15) is 4.88 Å². The van der Waals surface area contributed by atoms with E-state index < -0.39 is 12.1 Å². The monoisotopic (exact) mass is 227 g/mol. The lowest BCUT2D eigenvalue weighted by Gasteiger charge is -2.30. The highest BCUT2D eigenvalue weighted by atomic mass is 32.1. The van der Waals surface area contributed by atoms with Crippen molar-refractivity contribution in [3.63, 3.8) is 0 Å². The van der Waals surface area contributed by atoms with Crippen LogP contribution in [0.5, 0.6) is 0 Å². The summed E-state index contributed by atoms with van der Waals surface area (Å²) in [6.45, 7) is 2.61. The fraction of sp³-hybridized carbons (Fsp3) is 0.500. The predicted octanol–water partition coefficient (Wildman–Crippen LogP) is 1.03. The third-order valence-corrected chi connectivity index (χ3v) is 3.25. The summed E-state index contributed by atoms with van der Waals surface area (Å²) < 4.78 is 5.15. The average molecular weight is 227 g/mol. The van der Waals surface area contributed by atoms with E-state index in [1.165, 1.54) is 4.88 Å². The number of aliphatic carboxylic acids is 1. The van der Waals surface area contributed by atoms with Gasteiger partial charge in [0.05, 0.1) is 6.61 Å². The maximum Gasteiger partial charge on any atom is 0.334 e. The Morgan fingerprint density at radius 1 is 1.73 bits per heavy atom. The largest absolute Gasteiger partial charge is 0.479 e. The molecule has 0 aliphatic carbocycles. The molecule has 1 N–H and O–H groups in total. The van der Waals surface area contributed by atoms with Crippen molar-refractivity contribution in [1.82, 2.24) is 4.90 Å². The molecule has 1 saturated heterocycles. The zero-order valence-electron chi connectivity index (χ0n) is 8.26. The van der Waals surface area contributed by atoms with E-state index in [0.29, 0.717) is 13.2 Å². The molecule has 1 aromatic heterocycles. The quantitative estimate of drug-likeness (QED) is 0.838. The van der Waals surface area contributed by atoms with Gasteiger partial charge < -0.3 is 9.84 Å². The Kier molecular flexibility index (Phi) is 3.35. The lowest BCUT2D eigenvalue weighted by molar-refractivity contribution is -0.156. The fourth-order valence-corrected chi connectivity index (χ4v) is 2.36. The van der Waals surface area contributed by atoms with Crippen molar-refractivity contribution in [3.8, 4) is 0 Å². The van der Waals surface area contributed by atoms with Gasteiger partial charge in [0.25, 0.3) is 0 Å². The van der Waals surface area contributed by atoms with Crippen LogP contribution in [0, 0.1) is 0 Å². The van der Waals surface area contributed by atoms with Crippen LogP contribution in [-0.2, 0) is 16.1 Å². The van der Waals surface area contributed by atoms with Crippen LogP contribution in [0.3, 0.4) is 0 Å². The normalized spacial score (nSPS) is 22.8. The van der Waals surface area contributed by atoms with Crippen molar-refractivity contribution in [3.05, 3.63) is 22.4 Å². The SMILES string of the molecule is O=C(O)C1CN(Cc2cccs2)CCO1. The van der Waals surface area contributed by atoms with Crippen molar-refractivity contribution < 1.29 is 14.6 Å². The first-order chi connectivity index (χ1) is 7.25. The fourth-order valence-electron chi connectivity index (χ4n) is 1.62. The number of thiophene rings is 1. The van der Waals surface area contributed by atoms with Gasteiger partial charge in [-0.3, -0.25) is 4.90 Å². The highest BCUT2D eigenvalue weighted by Crippen LogP contribution is 2.14. The summed E-state index contributed by atoms with van der Waals surface area (Å²) in [5, 5.41) is 10.9. The van der Waals surface area contributed by atoms with Gasteiger partial charge in [0, 0.05) is 24.5 Å². The van der Waals surface area contributed by atoms with Crippen molar-refractivity contribution in [2.75, 3.05) is 19.7 Å². The number of carboxylic acids is 1. The van der Waals surface area contributed by atoms with Crippen molar-refractivity contribution in [1.29, 1.82) is 0 Å². The van der Waals surface area contributed by atoms with E-state index in [1.54, 1.807) is 11.3 Å². The summed E-state index contributed by atoms with van der Waals surface area (Å²) in [5.41, 5.74) is 0. The highest BCUT2D eigenvalue weighted by molar-refractivity contribution is 7.09. The second-order valence-corrected chi connectivity index (χ2v) is 4.54. The number of hydrogen-bond donors (Lipinski definition) is 1. The smallest absolute Gasteiger partial charge is 0.334 e. The molecule has 0 aromatic carbocycles. The van der Waals surface area contributed by atoms with Gasteiger partial charge in [-0.05, 0) is 11.4 Å². The molecule has 1 aliphatic heterocycles. The molecule has 0 saturated carbocycles. The van der Waals surface area contributed by atoms with E-state index in [9.17, 15) is 4.79 Å². The summed E-state index contributed by atoms with van der Waals surface area (Å²) in [4.78, 5) is 14.1. The number of nitrogens with zero attached hydrogens (tertiary/aromatic N) is 1. The molecule has 15 heavy (non-hydrogen) atoms. The second-order valence-electron chi connectivity index (χ2n) is 3.51. The molecule has 4 nitrogen and oxygen atoms in total. The van der Waals surface area contributed by atoms with Crippen molar-refractivity contribution in [2.24, 2.45) is 0 Å². The number of morpholine rings is 1. The zero-order chi connectivity index (χ0) is 10.7. The standard InChI is InChI=1S/C10H13NO3S/c12-10(13)9-7-11(3-4-14-9)6-8-2-1-5-15-8/h1-2,5,9H,3-4,6-7H2,(H,12,13). The Morgan fingerprint density at radius 2 is 2.60 bits per heavy atom. The van der Waals surface area contributed by atoms with E-state index in [2.05, 4.69) is 11.0 Å². The van der Waals surface area contributed by atoms with Gasteiger partial charge >= 0.3 is 5.97 Å². The summed E-state index contributed by atoms with van der Waals surface area (Å²) in [5.74, 6) is -0.870. The van der Waals surface area contributed by atoms with Crippen molar-refractivity contribution >= 4 is 17.3 Å². The molecule has 1 aliphatic rings. The van der Waals surface area contributed by atoms with Gasteiger partial charge in [0.2, 0.25) is 0 Å². The lowest BCUT2D eigenvalue weighted by Crippen LogP contribution is -2.45. The van der Waals surface area contributed by atoms with Crippen molar-refractivity contribution in [2.45, 2.75) is 12.6 Å². The predicted molar refractivity (Wildman–Crippen MR) is 57.0 cm³/mol. The van der Waals surface area contributed by atoms with Crippen LogP contribution >= 0.6 is 11.3 Å². The summed E-state index contributed by atoms with van der Waals surface area (Å²) in [6.07, 6.45) is -0.668. The molecule has 0 spiro atoms. The van der Waals surface area contributed by atoms with Crippen LogP contribution < -0.4 is 0 Å². The van der Waals surface area contributed by atoms with E-state index in [0.717, 1.165) is 13.1 Å². The molecule has 1 aromatic rings. The topological polar surface area (TPSA) is 49.8 Å². The number of carboxylic acid groups (broad SMARTS) is 1.